The summed E-state index contributed by atoms with van der Waals surface area (Å²) < 4.78 is 0. The number of hydrogen-bond donors (Lipinski definition) is 3. The molecule has 18 heavy (non-hydrogen) atoms. The van der Waals surface area contributed by atoms with E-state index in [2.05, 4.69) is 24.6 Å². The van der Waals surface area contributed by atoms with E-state index >= 15 is 0 Å². The fourth-order valence-electron chi connectivity index (χ4n) is 2.21. The predicted octanol–water partition coefficient (Wildman–Crippen LogP) is 2.06. The van der Waals surface area contributed by atoms with E-state index in [9.17, 15) is 4.79 Å². The molecule has 0 saturated heterocycles. The molecule has 4 N–H and O–H groups in total. The van der Waals surface area contributed by atoms with Crippen LogP contribution < -0.4 is 16.6 Å². The first-order valence-corrected chi connectivity index (χ1v) is 6.29. The molecule has 98 valence electrons. The summed E-state index contributed by atoms with van der Waals surface area (Å²) >= 11 is 0. The number of aryl methyl sites for hydroxylation is 1. The Morgan fingerprint density at radius 3 is 2.72 bits per heavy atom. The van der Waals surface area contributed by atoms with E-state index in [1.807, 2.05) is 25.1 Å². The van der Waals surface area contributed by atoms with E-state index in [4.69, 9.17) is 5.84 Å². The second-order valence-corrected chi connectivity index (χ2v) is 5.79. The molecule has 1 aromatic carbocycles. The number of benzene rings is 1. The van der Waals surface area contributed by atoms with Crippen molar-refractivity contribution in [3.8, 4) is 0 Å². The monoisotopic (exact) mass is 247 g/mol. The van der Waals surface area contributed by atoms with E-state index in [1.54, 1.807) is 0 Å². The molecule has 1 saturated carbocycles. The number of nitrogen functional groups attached to an aromatic ring is 1. The lowest BCUT2D eigenvalue weighted by Crippen LogP contribution is -2.28. The highest BCUT2D eigenvalue weighted by Gasteiger charge is 2.45. The number of amides is 1. The first kappa shape index (κ1) is 12.9. The van der Waals surface area contributed by atoms with Crippen LogP contribution in [0.4, 0.5) is 5.69 Å². The van der Waals surface area contributed by atoms with Gasteiger partial charge in [-0.3, -0.25) is 10.6 Å². The molecule has 2 rings (SSSR count). The van der Waals surface area contributed by atoms with E-state index in [1.165, 1.54) is 6.42 Å². The Morgan fingerprint density at radius 1 is 1.50 bits per heavy atom. The van der Waals surface area contributed by atoms with Crippen LogP contribution in [0.3, 0.4) is 0 Å². The Balaban J connectivity index is 2.02. The average molecular weight is 247 g/mol. The van der Waals surface area contributed by atoms with Crippen molar-refractivity contribution in [2.45, 2.75) is 27.2 Å². The highest BCUT2D eigenvalue weighted by Crippen LogP contribution is 2.50. The Kier molecular flexibility index (Phi) is 3.30. The third kappa shape index (κ3) is 2.64. The van der Waals surface area contributed by atoms with Crippen molar-refractivity contribution < 1.29 is 4.79 Å². The van der Waals surface area contributed by atoms with Crippen molar-refractivity contribution in [1.82, 2.24) is 5.32 Å². The standard InChI is InChI=1S/C14H21N3O/c1-9-4-5-12(17-15)11(6-9)13(18)16-8-10-7-14(10,2)3/h4-6,10,17H,7-8,15H2,1-3H3,(H,16,18). The summed E-state index contributed by atoms with van der Waals surface area (Å²) in [6.07, 6.45) is 1.18. The van der Waals surface area contributed by atoms with Gasteiger partial charge in [0.25, 0.3) is 5.91 Å². The molecule has 1 amide bonds. The maximum Gasteiger partial charge on any atom is 0.253 e. The van der Waals surface area contributed by atoms with Crippen molar-refractivity contribution in [2.24, 2.45) is 17.2 Å². The average Bonchev–Trinajstić information content (AvgIpc) is 2.94. The molecule has 1 aliphatic rings. The summed E-state index contributed by atoms with van der Waals surface area (Å²) in [5.74, 6) is 5.96. The fourth-order valence-corrected chi connectivity index (χ4v) is 2.21. The van der Waals surface area contributed by atoms with Gasteiger partial charge in [-0.05, 0) is 36.8 Å². The fraction of sp³-hybridized carbons (Fsp3) is 0.500. The number of hydrazine groups is 1. The lowest BCUT2D eigenvalue weighted by Gasteiger charge is -2.11. The van der Waals surface area contributed by atoms with E-state index in [-0.39, 0.29) is 5.91 Å². The van der Waals surface area contributed by atoms with Gasteiger partial charge in [0.05, 0.1) is 11.3 Å². The summed E-state index contributed by atoms with van der Waals surface area (Å²) in [5.41, 5.74) is 5.26. The molecule has 4 heteroatoms. The summed E-state index contributed by atoms with van der Waals surface area (Å²) in [6, 6.07) is 5.60. The van der Waals surface area contributed by atoms with Gasteiger partial charge in [0.15, 0.2) is 0 Å². The van der Waals surface area contributed by atoms with Crippen LogP contribution in [0.5, 0.6) is 0 Å². The smallest absolute Gasteiger partial charge is 0.253 e. The van der Waals surface area contributed by atoms with E-state index in [0.29, 0.717) is 22.6 Å². The van der Waals surface area contributed by atoms with Gasteiger partial charge in [-0.25, -0.2) is 0 Å². The van der Waals surface area contributed by atoms with Gasteiger partial charge in [-0.2, -0.15) is 0 Å². The molecule has 0 aromatic heterocycles. The molecular formula is C14H21N3O. The lowest BCUT2D eigenvalue weighted by atomic mass is 10.1. The third-order valence-electron chi connectivity index (χ3n) is 3.80. The van der Waals surface area contributed by atoms with E-state index in [0.717, 1.165) is 12.1 Å². The molecule has 1 atom stereocenters. The predicted molar refractivity (Wildman–Crippen MR) is 73.2 cm³/mol. The van der Waals surface area contributed by atoms with Crippen LogP contribution in [0.15, 0.2) is 18.2 Å². The number of nitrogens with one attached hydrogen (secondary N) is 2. The minimum absolute atomic E-state index is 0.0608. The second kappa shape index (κ2) is 4.61. The molecule has 0 radical (unpaired) electrons. The molecule has 4 nitrogen and oxygen atoms in total. The Labute approximate surface area is 108 Å². The van der Waals surface area contributed by atoms with Crippen LogP contribution >= 0.6 is 0 Å². The number of nitrogens with two attached hydrogens (primary N) is 1. The zero-order chi connectivity index (χ0) is 13.3. The van der Waals surface area contributed by atoms with Crippen LogP contribution in [-0.4, -0.2) is 12.5 Å². The number of carbonyl (C=O) groups excluding carboxylic acids is 1. The van der Waals surface area contributed by atoms with Gasteiger partial charge >= 0.3 is 0 Å². The van der Waals surface area contributed by atoms with Gasteiger partial charge in [-0.15, -0.1) is 0 Å². The first-order chi connectivity index (χ1) is 8.44. The quantitative estimate of drug-likeness (QED) is 0.563. The van der Waals surface area contributed by atoms with Gasteiger partial charge in [0.1, 0.15) is 0 Å². The normalized spacial score (nSPS) is 20.3. The van der Waals surface area contributed by atoms with Gasteiger partial charge in [0.2, 0.25) is 0 Å². The minimum Gasteiger partial charge on any atom is -0.352 e. The molecule has 0 heterocycles. The zero-order valence-corrected chi connectivity index (χ0v) is 11.2. The summed E-state index contributed by atoms with van der Waals surface area (Å²) in [6.45, 7) is 7.15. The van der Waals surface area contributed by atoms with Gasteiger partial charge < -0.3 is 10.7 Å². The van der Waals surface area contributed by atoms with Crippen LogP contribution in [0, 0.1) is 18.3 Å². The molecule has 0 aliphatic heterocycles. The number of hydrogen-bond acceptors (Lipinski definition) is 3. The van der Waals surface area contributed by atoms with Crippen molar-refractivity contribution in [3.05, 3.63) is 29.3 Å². The van der Waals surface area contributed by atoms with Crippen molar-refractivity contribution in [2.75, 3.05) is 12.0 Å². The van der Waals surface area contributed by atoms with Crippen molar-refractivity contribution >= 4 is 11.6 Å². The molecule has 1 unspecified atom stereocenters. The van der Waals surface area contributed by atoms with Crippen LogP contribution in [0.1, 0.15) is 36.2 Å². The SMILES string of the molecule is Cc1ccc(NN)c(C(=O)NCC2CC2(C)C)c1. The van der Waals surface area contributed by atoms with Crippen LogP contribution in [0.2, 0.25) is 0 Å². The van der Waals surface area contributed by atoms with Gasteiger partial charge in [0, 0.05) is 6.54 Å². The lowest BCUT2D eigenvalue weighted by molar-refractivity contribution is 0.0951. The first-order valence-electron chi connectivity index (χ1n) is 6.29. The maximum absolute atomic E-state index is 12.1. The molecule has 0 spiro atoms. The largest absolute Gasteiger partial charge is 0.352 e. The highest BCUT2D eigenvalue weighted by molar-refractivity contribution is 5.99. The van der Waals surface area contributed by atoms with Crippen molar-refractivity contribution in [1.29, 1.82) is 0 Å². The summed E-state index contributed by atoms with van der Waals surface area (Å²) in [4.78, 5) is 12.1. The third-order valence-corrected chi connectivity index (χ3v) is 3.80. The molecular weight excluding hydrogens is 226 g/mol. The molecule has 1 aromatic rings. The highest BCUT2D eigenvalue weighted by atomic mass is 16.1. The second-order valence-electron chi connectivity index (χ2n) is 5.79. The Bertz CT molecular complexity index is 468. The van der Waals surface area contributed by atoms with E-state index < -0.39 is 0 Å². The number of anilines is 1. The zero-order valence-electron chi connectivity index (χ0n) is 11.2. The van der Waals surface area contributed by atoms with Crippen LogP contribution in [-0.2, 0) is 0 Å². The number of rotatable bonds is 4. The molecule has 1 aliphatic carbocycles. The molecule has 1 fully saturated rings. The molecule has 0 bridgehead atoms. The van der Waals surface area contributed by atoms with Gasteiger partial charge in [-0.1, -0.05) is 25.5 Å². The van der Waals surface area contributed by atoms with Crippen molar-refractivity contribution in [3.63, 3.8) is 0 Å². The summed E-state index contributed by atoms with van der Waals surface area (Å²) in [5, 5.41) is 2.98. The van der Waals surface area contributed by atoms with Crippen LogP contribution in [0.25, 0.3) is 0 Å². The maximum atomic E-state index is 12.1. The number of carbonyl (C=O) groups is 1. The topological polar surface area (TPSA) is 67.1 Å². The minimum atomic E-state index is -0.0608. The Hall–Kier alpha value is -1.55. The Morgan fingerprint density at radius 2 is 2.17 bits per heavy atom. The summed E-state index contributed by atoms with van der Waals surface area (Å²) in [7, 11) is 0.